The van der Waals surface area contributed by atoms with Gasteiger partial charge in [0.15, 0.2) is 0 Å². The maximum Gasteiger partial charge on any atom is 0.279 e. The molecule has 0 aliphatic heterocycles. The number of hydrogen-bond donors (Lipinski definition) is 2. The molecule has 0 spiro atoms. The van der Waals surface area contributed by atoms with Crippen LogP contribution in [0.25, 0.3) is 0 Å². The molecule has 0 heterocycles. The Morgan fingerprint density at radius 3 is 2.61 bits per heavy atom. The summed E-state index contributed by atoms with van der Waals surface area (Å²) >= 11 is 0. The van der Waals surface area contributed by atoms with E-state index in [9.17, 15) is 8.42 Å². The van der Waals surface area contributed by atoms with Gasteiger partial charge in [0.25, 0.3) is 10.2 Å². The normalized spacial score (nSPS) is 12.0. The molecule has 0 bridgehead atoms. The monoisotopic (exact) mass is 271 g/mol. The fraction of sp³-hybridized carbons (Fsp3) is 0.500. The van der Waals surface area contributed by atoms with Crippen LogP contribution in [-0.4, -0.2) is 32.9 Å². The Morgan fingerprint density at radius 2 is 2.00 bits per heavy atom. The molecular formula is C12H21N3O2S. The average Bonchev–Trinajstić information content (AvgIpc) is 2.35. The topological polar surface area (TPSA) is 75.4 Å². The van der Waals surface area contributed by atoms with Gasteiger partial charge in [0, 0.05) is 20.1 Å². The van der Waals surface area contributed by atoms with E-state index >= 15 is 0 Å². The summed E-state index contributed by atoms with van der Waals surface area (Å²) < 4.78 is 27.7. The lowest BCUT2D eigenvalue weighted by Gasteiger charge is -2.17. The van der Waals surface area contributed by atoms with Crippen molar-refractivity contribution in [3.63, 3.8) is 0 Å². The number of hydrogen-bond acceptors (Lipinski definition) is 3. The Labute approximate surface area is 109 Å². The summed E-state index contributed by atoms with van der Waals surface area (Å²) in [6.07, 6.45) is 0.655. The number of benzene rings is 1. The van der Waals surface area contributed by atoms with Crippen LogP contribution in [0.1, 0.15) is 17.5 Å². The summed E-state index contributed by atoms with van der Waals surface area (Å²) in [6, 6.07) is 7.70. The summed E-state index contributed by atoms with van der Waals surface area (Å²) in [4.78, 5) is 0. The Balaban J connectivity index is 2.59. The Bertz CT molecular complexity index is 474. The van der Waals surface area contributed by atoms with E-state index in [1.54, 1.807) is 7.05 Å². The van der Waals surface area contributed by atoms with E-state index in [4.69, 9.17) is 5.73 Å². The second kappa shape index (κ2) is 6.84. The van der Waals surface area contributed by atoms with Crippen LogP contribution in [0.5, 0.6) is 0 Å². The van der Waals surface area contributed by atoms with Gasteiger partial charge in [-0.25, -0.2) is 0 Å². The van der Waals surface area contributed by atoms with Crippen LogP contribution in [0.15, 0.2) is 24.3 Å². The molecule has 0 saturated carbocycles. The van der Waals surface area contributed by atoms with Gasteiger partial charge in [0.2, 0.25) is 0 Å². The van der Waals surface area contributed by atoms with Crippen LogP contribution < -0.4 is 10.5 Å². The highest BCUT2D eigenvalue weighted by Crippen LogP contribution is 2.07. The molecule has 3 N–H and O–H groups in total. The SMILES string of the molecule is Cc1ccccc1CNS(=O)(=O)N(C)CCCN. The molecule has 0 aliphatic rings. The van der Waals surface area contributed by atoms with Crippen molar-refractivity contribution in [2.45, 2.75) is 19.9 Å². The third-order valence-corrected chi connectivity index (χ3v) is 4.31. The highest BCUT2D eigenvalue weighted by Gasteiger charge is 2.16. The van der Waals surface area contributed by atoms with Gasteiger partial charge in [-0.3, -0.25) is 0 Å². The highest BCUT2D eigenvalue weighted by molar-refractivity contribution is 7.87. The van der Waals surface area contributed by atoms with Crippen molar-refractivity contribution in [3.8, 4) is 0 Å². The molecule has 5 nitrogen and oxygen atoms in total. The molecular weight excluding hydrogens is 250 g/mol. The predicted octanol–water partition coefficient (Wildman–Crippen LogP) is 0.610. The summed E-state index contributed by atoms with van der Waals surface area (Å²) in [5, 5.41) is 0. The average molecular weight is 271 g/mol. The van der Waals surface area contributed by atoms with Crippen molar-refractivity contribution < 1.29 is 8.42 Å². The quantitative estimate of drug-likeness (QED) is 0.763. The van der Waals surface area contributed by atoms with Gasteiger partial charge in [-0.2, -0.15) is 17.4 Å². The van der Waals surface area contributed by atoms with Crippen molar-refractivity contribution in [3.05, 3.63) is 35.4 Å². The summed E-state index contributed by atoms with van der Waals surface area (Å²) in [7, 11) is -1.87. The zero-order valence-electron chi connectivity index (χ0n) is 10.9. The van der Waals surface area contributed by atoms with Gasteiger partial charge in [-0.15, -0.1) is 0 Å². The van der Waals surface area contributed by atoms with E-state index in [-0.39, 0.29) is 0 Å². The molecule has 18 heavy (non-hydrogen) atoms. The van der Waals surface area contributed by atoms with E-state index < -0.39 is 10.2 Å². The summed E-state index contributed by atoms with van der Waals surface area (Å²) in [5.41, 5.74) is 7.42. The smallest absolute Gasteiger partial charge is 0.279 e. The van der Waals surface area contributed by atoms with Gasteiger partial charge in [0.1, 0.15) is 0 Å². The number of rotatable bonds is 7. The van der Waals surface area contributed by atoms with Gasteiger partial charge in [0.05, 0.1) is 0 Å². The van der Waals surface area contributed by atoms with E-state index in [1.165, 1.54) is 4.31 Å². The third-order valence-electron chi connectivity index (χ3n) is 2.79. The first-order valence-corrected chi connectivity index (χ1v) is 7.37. The van der Waals surface area contributed by atoms with Crippen LogP contribution in [0.3, 0.4) is 0 Å². The van der Waals surface area contributed by atoms with Crippen molar-refractivity contribution in [2.24, 2.45) is 5.73 Å². The minimum Gasteiger partial charge on any atom is -0.330 e. The Hall–Kier alpha value is -0.950. The number of nitrogens with zero attached hydrogens (tertiary/aromatic N) is 1. The summed E-state index contributed by atoms with van der Waals surface area (Å²) in [5.74, 6) is 0. The fourth-order valence-electron chi connectivity index (χ4n) is 1.52. The Kier molecular flexibility index (Phi) is 5.74. The lowest BCUT2D eigenvalue weighted by Crippen LogP contribution is -2.38. The second-order valence-electron chi connectivity index (χ2n) is 4.22. The largest absolute Gasteiger partial charge is 0.330 e. The van der Waals surface area contributed by atoms with Crippen LogP contribution in [0.4, 0.5) is 0 Å². The molecule has 6 heteroatoms. The second-order valence-corrected chi connectivity index (χ2v) is 6.08. The first-order chi connectivity index (χ1) is 8.47. The van der Waals surface area contributed by atoms with E-state index in [1.807, 2.05) is 31.2 Å². The van der Waals surface area contributed by atoms with E-state index in [0.29, 0.717) is 26.1 Å². The molecule has 0 unspecified atom stereocenters. The lowest BCUT2D eigenvalue weighted by atomic mass is 10.1. The van der Waals surface area contributed by atoms with Gasteiger partial charge in [-0.05, 0) is 31.0 Å². The van der Waals surface area contributed by atoms with Crippen LogP contribution >= 0.6 is 0 Å². The van der Waals surface area contributed by atoms with Crippen LogP contribution in [0, 0.1) is 6.92 Å². The minimum atomic E-state index is -3.42. The minimum absolute atomic E-state index is 0.308. The first-order valence-electron chi connectivity index (χ1n) is 5.93. The van der Waals surface area contributed by atoms with Gasteiger partial charge >= 0.3 is 0 Å². The lowest BCUT2D eigenvalue weighted by molar-refractivity contribution is 0.452. The molecule has 1 aromatic rings. The molecule has 0 amide bonds. The zero-order valence-corrected chi connectivity index (χ0v) is 11.7. The maximum absolute atomic E-state index is 11.9. The maximum atomic E-state index is 11.9. The van der Waals surface area contributed by atoms with Gasteiger partial charge in [-0.1, -0.05) is 24.3 Å². The zero-order chi connectivity index (χ0) is 13.6. The third kappa shape index (κ3) is 4.38. The Morgan fingerprint density at radius 1 is 1.33 bits per heavy atom. The van der Waals surface area contributed by atoms with E-state index in [0.717, 1.165) is 11.1 Å². The number of aryl methyl sites for hydroxylation is 1. The number of nitrogens with one attached hydrogen (secondary N) is 1. The molecule has 102 valence electrons. The number of nitrogens with two attached hydrogens (primary N) is 1. The van der Waals surface area contributed by atoms with E-state index in [2.05, 4.69) is 4.72 Å². The van der Waals surface area contributed by atoms with Crippen molar-refractivity contribution in [1.82, 2.24) is 9.03 Å². The molecule has 0 saturated heterocycles. The fourth-order valence-corrected chi connectivity index (χ4v) is 2.45. The van der Waals surface area contributed by atoms with Crippen LogP contribution in [0.2, 0.25) is 0 Å². The molecule has 1 rings (SSSR count). The molecule has 0 aliphatic carbocycles. The highest BCUT2D eigenvalue weighted by atomic mass is 32.2. The standard InChI is InChI=1S/C12H21N3O2S/c1-11-6-3-4-7-12(11)10-14-18(16,17)15(2)9-5-8-13/h3-4,6-7,14H,5,8-10,13H2,1-2H3. The molecule has 0 radical (unpaired) electrons. The van der Waals surface area contributed by atoms with Crippen molar-refractivity contribution in [2.75, 3.05) is 20.1 Å². The first kappa shape index (κ1) is 15.1. The molecule has 0 fully saturated rings. The van der Waals surface area contributed by atoms with Gasteiger partial charge < -0.3 is 5.73 Å². The van der Waals surface area contributed by atoms with Crippen molar-refractivity contribution >= 4 is 10.2 Å². The predicted molar refractivity (Wildman–Crippen MR) is 73.2 cm³/mol. The summed E-state index contributed by atoms with van der Waals surface area (Å²) in [6.45, 7) is 3.18. The van der Waals surface area contributed by atoms with Crippen LogP contribution in [-0.2, 0) is 16.8 Å². The molecule has 1 aromatic carbocycles. The van der Waals surface area contributed by atoms with Crippen molar-refractivity contribution in [1.29, 1.82) is 0 Å². The molecule has 0 aromatic heterocycles. The molecule has 0 atom stereocenters.